The number of hydrogen-bond acceptors (Lipinski definition) is 5. The van der Waals surface area contributed by atoms with Crippen LogP contribution in [0.5, 0.6) is 0 Å². The molecule has 1 aliphatic heterocycles. The molecule has 7 nitrogen and oxygen atoms in total. The fourth-order valence-corrected chi connectivity index (χ4v) is 3.71. The average Bonchev–Trinajstić information content (AvgIpc) is 2.67. The van der Waals surface area contributed by atoms with Crippen LogP contribution in [0.1, 0.15) is 50.2 Å². The summed E-state index contributed by atoms with van der Waals surface area (Å²) in [5.74, 6) is -1.71. The number of pyridine rings is 1. The fourth-order valence-electron chi connectivity index (χ4n) is 3.71. The summed E-state index contributed by atoms with van der Waals surface area (Å²) >= 11 is 0. The molecule has 3 rings (SSSR count). The minimum absolute atomic E-state index is 0.0548. The van der Waals surface area contributed by atoms with Gasteiger partial charge in [-0.15, -0.1) is 0 Å². The molecule has 0 spiro atoms. The summed E-state index contributed by atoms with van der Waals surface area (Å²) in [5.41, 5.74) is 0.245. The third kappa shape index (κ3) is 5.03. The van der Waals surface area contributed by atoms with Crippen molar-refractivity contribution in [3.05, 3.63) is 35.3 Å². The van der Waals surface area contributed by atoms with Gasteiger partial charge < -0.3 is 20.1 Å². The van der Waals surface area contributed by atoms with Crippen LogP contribution < -0.4 is 10.2 Å². The van der Waals surface area contributed by atoms with E-state index in [2.05, 4.69) is 10.3 Å². The largest absolute Gasteiger partial charge is 0.477 e. The van der Waals surface area contributed by atoms with Crippen LogP contribution in [0.4, 0.5) is 19.3 Å². The standard InChI is InChI=1S/C22H27F2N3O4/c1-5-12-10-13-14(23)6-7-17(19(13)26-18(12)20(28)29)27-9-8-16(15(24)11-27)25-21(30)31-22(2,3)4/h6-7,10,15-16H,5,8-9,11H2,1-4H3,(H,25,30)(H,28,29)/t15-,16+/m0/s1. The maximum atomic E-state index is 14.9. The van der Waals surface area contributed by atoms with Gasteiger partial charge in [0.2, 0.25) is 0 Å². The molecule has 168 valence electrons. The maximum absolute atomic E-state index is 14.9. The Bertz CT molecular complexity index is 1010. The zero-order valence-corrected chi connectivity index (χ0v) is 18.0. The highest BCUT2D eigenvalue weighted by molar-refractivity contribution is 5.97. The number of carbonyl (C=O) groups is 2. The van der Waals surface area contributed by atoms with E-state index in [-0.39, 0.29) is 23.1 Å². The smallest absolute Gasteiger partial charge is 0.407 e. The minimum Gasteiger partial charge on any atom is -0.477 e. The molecule has 9 heteroatoms. The van der Waals surface area contributed by atoms with Gasteiger partial charge in [-0.3, -0.25) is 0 Å². The molecule has 1 saturated heterocycles. The Morgan fingerprint density at radius 1 is 1.35 bits per heavy atom. The number of aromatic nitrogens is 1. The second-order valence-corrected chi connectivity index (χ2v) is 8.62. The second kappa shape index (κ2) is 8.64. The van der Waals surface area contributed by atoms with E-state index in [4.69, 9.17) is 4.74 Å². The Morgan fingerprint density at radius 3 is 2.65 bits per heavy atom. The quantitative estimate of drug-likeness (QED) is 0.752. The van der Waals surface area contributed by atoms with Crippen LogP contribution >= 0.6 is 0 Å². The predicted molar refractivity (Wildman–Crippen MR) is 113 cm³/mol. The number of amides is 1. The van der Waals surface area contributed by atoms with E-state index >= 15 is 0 Å². The number of hydrogen-bond donors (Lipinski definition) is 2. The number of aryl methyl sites for hydroxylation is 1. The maximum Gasteiger partial charge on any atom is 0.407 e. The molecule has 0 saturated carbocycles. The van der Waals surface area contributed by atoms with E-state index in [0.717, 1.165) is 0 Å². The van der Waals surface area contributed by atoms with E-state index in [1.165, 1.54) is 18.2 Å². The molecule has 1 aromatic carbocycles. The molecule has 31 heavy (non-hydrogen) atoms. The van der Waals surface area contributed by atoms with Crippen molar-refractivity contribution >= 4 is 28.7 Å². The average molecular weight is 435 g/mol. The highest BCUT2D eigenvalue weighted by Gasteiger charge is 2.33. The number of halogens is 2. The third-order valence-corrected chi connectivity index (χ3v) is 5.16. The van der Waals surface area contributed by atoms with E-state index in [9.17, 15) is 23.5 Å². The molecule has 1 fully saturated rings. The van der Waals surface area contributed by atoms with Crippen LogP contribution in [0.2, 0.25) is 0 Å². The molecular formula is C22H27F2N3O4. The summed E-state index contributed by atoms with van der Waals surface area (Å²) in [4.78, 5) is 29.5. The summed E-state index contributed by atoms with van der Waals surface area (Å²) in [6.45, 7) is 7.27. The van der Waals surface area contributed by atoms with Crippen molar-refractivity contribution in [1.82, 2.24) is 10.3 Å². The highest BCUT2D eigenvalue weighted by atomic mass is 19.1. The molecule has 1 amide bonds. The molecule has 2 N–H and O–H groups in total. The van der Waals surface area contributed by atoms with Gasteiger partial charge in [0.15, 0.2) is 5.69 Å². The molecular weight excluding hydrogens is 408 g/mol. The Hall–Kier alpha value is -2.97. The lowest BCUT2D eigenvalue weighted by atomic mass is 10.0. The zero-order chi connectivity index (χ0) is 22.9. The van der Waals surface area contributed by atoms with E-state index in [1.807, 2.05) is 0 Å². The summed E-state index contributed by atoms with van der Waals surface area (Å²) in [5, 5.41) is 12.3. The number of carboxylic acids is 1. The Balaban J connectivity index is 1.86. The van der Waals surface area contributed by atoms with Crippen LogP contribution in [-0.4, -0.2) is 53.1 Å². The van der Waals surface area contributed by atoms with E-state index in [1.54, 1.807) is 32.6 Å². The van der Waals surface area contributed by atoms with Crippen LogP contribution in [-0.2, 0) is 11.2 Å². The van der Waals surface area contributed by atoms with E-state index in [0.29, 0.717) is 30.6 Å². The molecule has 0 unspecified atom stereocenters. The number of carbonyl (C=O) groups excluding carboxylic acids is 1. The summed E-state index contributed by atoms with van der Waals surface area (Å²) in [6, 6.07) is 3.54. The fraction of sp³-hybridized carbons (Fsp3) is 0.500. The van der Waals surface area contributed by atoms with Crippen molar-refractivity contribution in [3.63, 3.8) is 0 Å². The van der Waals surface area contributed by atoms with Gasteiger partial charge in [-0.05, 0) is 57.4 Å². The zero-order valence-electron chi connectivity index (χ0n) is 18.0. The number of nitrogens with one attached hydrogen (secondary N) is 1. The number of anilines is 1. The summed E-state index contributed by atoms with van der Waals surface area (Å²) in [7, 11) is 0. The van der Waals surface area contributed by atoms with Gasteiger partial charge in [0.05, 0.1) is 23.8 Å². The van der Waals surface area contributed by atoms with Gasteiger partial charge in [0.1, 0.15) is 17.6 Å². The number of rotatable bonds is 4. The molecule has 0 radical (unpaired) electrons. The van der Waals surface area contributed by atoms with Crippen LogP contribution in [0.15, 0.2) is 18.2 Å². The van der Waals surface area contributed by atoms with Crippen molar-refractivity contribution < 1.29 is 28.2 Å². The van der Waals surface area contributed by atoms with Gasteiger partial charge in [0, 0.05) is 11.9 Å². The van der Waals surface area contributed by atoms with Crippen molar-refractivity contribution in [2.24, 2.45) is 0 Å². The first-order chi connectivity index (χ1) is 14.5. The lowest BCUT2D eigenvalue weighted by Gasteiger charge is -2.37. The first-order valence-electron chi connectivity index (χ1n) is 10.2. The number of benzene rings is 1. The SMILES string of the molecule is CCc1cc2c(F)ccc(N3CC[C@@H](NC(=O)OC(C)(C)C)[C@@H](F)C3)c2nc1C(=O)O. The highest BCUT2D eigenvalue weighted by Crippen LogP contribution is 2.32. The summed E-state index contributed by atoms with van der Waals surface area (Å²) < 4.78 is 34.5. The topological polar surface area (TPSA) is 91.8 Å². The third-order valence-electron chi connectivity index (χ3n) is 5.16. The van der Waals surface area contributed by atoms with Crippen LogP contribution in [0.3, 0.4) is 0 Å². The summed E-state index contributed by atoms with van der Waals surface area (Å²) in [6.07, 6.45) is -1.38. The minimum atomic E-state index is -1.39. The van der Waals surface area contributed by atoms with Crippen molar-refractivity contribution in [2.45, 2.75) is 58.4 Å². The molecule has 1 aromatic heterocycles. The normalized spacial score (nSPS) is 19.4. The molecule has 0 aliphatic carbocycles. The second-order valence-electron chi connectivity index (χ2n) is 8.62. The Labute approximate surface area is 179 Å². The number of nitrogens with zero attached hydrogens (tertiary/aromatic N) is 2. The molecule has 1 aliphatic rings. The van der Waals surface area contributed by atoms with Gasteiger partial charge in [-0.2, -0.15) is 0 Å². The number of ether oxygens (including phenoxy) is 1. The van der Waals surface area contributed by atoms with Crippen molar-refractivity contribution in [3.8, 4) is 0 Å². The van der Waals surface area contributed by atoms with Crippen LogP contribution in [0.25, 0.3) is 10.9 Å². The van der Waals surface area contributed by atoms with Gasteiger partial charge in [-0.25, -0.2) is 23.4 Å². The number of aromatic carboxylic acids is 1. The first-order valence-corrected chi connectivity index (χ1v) is 10.2. The molecule has 0 bridgehead atoms. The number of carboxylic acid groups (broad SMARTS) is 1. The molecule has 2 atom stereocenters. The van der Waals surface area contributed by atoms with Crippen LogP contribution in [0, 0.1) is 5.82 Å². The molecule has 2 aromatic rings. The number of piperidine rings is 1. The van der Waals surface area contributed by atoms with E-state index < -0.39 is 35.7 Å². The lowest BCUT2D eigenvalue weighted by Crippen LogP contribution is -2.53. The van der Waals surface area contributed by atoms with Crippen molar-refractivity contribution in [1.29, 1.82) is 0 Å². The predicted octanol–water partition coefficient (Wildman–Crippen LogP) is 4.08. The van der Waals surface area contributed by atoms with Gasteiger partial charge in [0.25, 0.3) is 0 Å². The number of fused-ring (bicyclic) bond motifs is 1. The van der Waals surface area contributed by atoms with Crippen molar-refractivity contribution in [2.75, 3.05) is 18.0 Å². The first kappa shape index (κ1) is 22.7. The number of alkyl carbamates (subject to hydrolysis) is 1. The van der Waals surface area contributed by atoms with Gasteiger partial charge >= 0.3 is 12.1 Å². The van der Waals surface area contributed by atoms with Gasteiger partial charge in [-0.1, -0.05) is 6.92 Å². The monoisotopic (exact) mass is 435 g/mol. The number of alkyl halides is 1. The Kier molecular flexibility index (Phi) is 6.33. The lowest BCUT2D eigenvalue weighted by molar-refractivity contribution is 0.0463. The Morgan fingerprint density at radius 2 is 2.06 bits per heavy atom. The molecule has 2 heterocycles.